The molecule has 1 atom stereocenters. The van der Waals surface area contributed by atoms with Crippen LogP contribution in [0, 0.1) is 6.92 Å². The molecule has 2 N–H and O–H groups in total. The molecule has 1 aliphatic heterocycles. The number of hydrogen-bond donors (Lipinski definition) is 2. The summed E-state index contributed by atoms with van der Waals surface area (Å²) in [5.41, 5.74) is 2.55. The molecule has 22 heavy (non-hydrogen) atoms. The van der Waals surface area contributed by atoms with Crippen LogP contribution in [-0.4, -0.2) is 69.1 Å². The highest BCUT2D eigenvalue weighted by Gasteiger charge is 2.21. The Morgan fingerprint density at radius 2 is 1.91 bits per heavy atom. The summed E-state index contributed by atoms with van der Waals surface area (Å²) in [4.78, 5) is 9.11. The van der Waals surface area contributed by atoms with Crippen LogP contribution in [0.15, 0.2) is 29.3 Å². The zero-order chi connectivity index (χ0) is 15.9. The predicted molar refractivity (Wildman–Crippen MR) is 93.3 cm³/mol. The molecule has 1 aromatic rings. The molecule has 1 unspecified atom stereocenters. The van der Waals surface area contributed by atoms with Crippen LogP contribution in [0.5, 0.6) is 0 Å². The molecule has 2 rings (SSSR count). The first-order valence-corrected chi connectivity index (χ1v) is 7.97. The zero-order valence-corrected chi connectivity index (χ0v) is 14.3. The Balaban J connectivity index is 1.78. The average Bonchev–Trinajstić information content (AvgIpc) is 2.52. The number of likely N-dealkylation sites (N-methyl/N-ethyl adjacent to an activating group) is 2. The number of benzene rings is 1. The summed E-state index contributed by atoms with van der Waals surface area (Å²) in [6.45, 7) is 7.17. The van der Waals surface area contributed by atoms with E-state index in [1.807, 2.05) is 7.05 Å². The van der Waals surface area contributed by atoms with Crippen LogP contribution in [0.4, 0.5) is 0 Å². The van der Waals surface area contributed by atoms with Crippen molar-refractivity contribution >= 4 is 5.96 Å². The van der Waals surface area contributed by atoms with Crippen LogP contribution in [0.1, 0.15) is 11.1 Å². The van der Waals surface area contributed by atoms with Gasteiger partial charge in [-0.2, -0.15) is 0 Å². The van der Waals surface area contributed by atoms with Gasteiger partial charge in [0.05, 0.1) is 0 Å². The Hall–Kier alpha value is -1.59. The topological polar surface area (TPSA) is 42.9 Å². The largest absolute Gasteiger partial charge is 0.355 e. The van der Waals surface area contributed by atoms with E-state index < -0.39 is 0 Å². The summed E-state index contributed by atoms with van der Waals surface area (Å²) in [7, 11) is 6.20. The number of nitrogens with one attached hydrogen (secondary N) is 2. The first kappa shape index (κ1) is 16.8. The molecular formula is C17H29N5. The molecule has 5 heteroatoms. The van der Waals surface area contributed by atoms with E-state index in [1.165, 1.54) is 11.1 Å². The normalized spacial score (nSPS) is 20.9. The van der Waals surface area contributed by atoms with Gasteiger partial charge in [-0.1, -0.05) is 29.8 Å². The van der Waals surface area contributed by atoms with Gasteiger partial charge in [0, 0.05) is 45.8 Å². The second-order valence-electron chi connectivity index (χ2n) is 6.19. The van der Waals surface area contributed by atoms with Crippen LogP contribution in [0.25, 0.3) is 0 Å². The number of guanidine groups is 1. The van der Waals surface area contributed by atoms with Crippen molar-refractivity contribution in [3.63, 3.8) is 0 Å². The van der Waals surface area contributed by atoms with Gasteiger partial charge in [-0.05, 0) is 26.6 Å². The Morgan fingerprint density at radius 3 is 2.59 bits per heavy atom. The highest BCUT2D eigenvalue weighted by molar-refractivity contribution is 5.79. The van der Waals surface area contributed by atoms with Crippen molar-refractivity contribution in [2.45, 2.75) is 19.5 Å². The number of hydrogen-bond acceptors (Lipinski definition) is 3. The monoisotopic (exact) mass is 303 g/mol. The highest BCUT2D eigenvalue weighted by Crippen LogP contribution is 2.05. The minimum absolute atomic E-state index is 0.525. The lowest BCUT2D eigenvalue weighted by Gasteiger charge is -2.37. The van der Waals surface area contributed by atoms with Crippen molar-refractivity contribution in [2.75, 3.05) is 47.3 Å². The number of aryl methyl sites for hydroxylation is 1. The van der Waals surface area contributed by atoms with Gasteiger partial charge < -0.3 is 15.5 Å². The van der Waals surface area contributed by atoms with Crippen molar-refractivity contribution in [1.29, 1.82) is 0 Å². The lowest BCUT2D eigenvalue weighted by Crippen LogP contribution is -2.55. The fourth-order valence-electron chi connectivity index (χ4n) is 2.65. The molecule has 1 aliphatic rings. The maximum absolute atomic E-state index is 4.31. The summed E-state index contributed by atoms with van der Waals surface area (Å²) in [6, 6.07) is 9.11. The number of nitrogens with zero attached hydrogens (tertiary/aromatic N) is 3. The molecule has 0 spiro atoms. The second kappa shape index (κ2) is 8.15. The Bertz CT molecular complexity index is 482. The van der Waals surface area contributed by atoms with Crippen LogP contribution in [0.3, 0.4) is 0 Å². The second-order valence-corrected chi connectivity index (χ2v) is 6.19. The highest BCUT2D eigenvalue weighted by atomic mass is 15.3. The molecule has 0 aliphatic carbocycles. The van der Waals surface area contributed by atoms with Crippen LogP contribution < -0.4 is 10.6 Å². The molecule has 1 heterocycles. The van der Waals surface area contributed by atoms with E-state index in [2.05, 4.69) is 70.7 Å². The number of rotatable bonds is 4. The summed E-state index contributed by atoms with van der Waals surface area (Å²) in [5, 5.41) is 6.82. The third-order valence-corrected chi connectivity index (χ3v) is 4.29. The zero-order valence-electron chi connectivity index (χ0n) is 14.3. The Kier molecular flexibility index (Phi) is 6.21. The van der Waals surface area contributed by atoms with E-state index in [-0.39, 0.29) is 0 Å². The van der Waals surface area contributed by atoms with Gasteiger partial charge in [0.1, 0.15) is 0 Å². The molecular weight excluding hydrogens is 274 g/mol. The molecule has 0 bridgehead atoms. The average molecular weight is 303 g/mol. The van der Waals surface area contributed by atoms with Gasteiger partial charge in [-0.3, -0.25) is 9.89 Å². The van der Waals surface area contributed by atoms with E-state index >= 15 is 0 Å². The molecule has 1 saturated heterocycles. The standard InChI is InChI=1S/C17H29N5/c1-14-5-7-15(8-6-14)11-19-17(18-2)20-12-16-13-21(3)9-10-22(16)4/h5-8,16H,9-13H2,1-4H3,(H2,18,19,20). The third-order valence-electron chi connectivity index (χ3n) is 4.29. The molecule has 1 aromatic carbocycles. The molecule has 1 fully saturated rings. The first-order valence-electron chi connectivity index (χ1n) is 7.97. The summed E-state index contributed by atoms with van der Waals surface area (Å²) in [6.07, 6.45) is 0. The Labute approximate surface area is 134 Å². The van der Waals surface area contributed by atoms with Crippen LogP contribution in [0.2, 0.25) is 0 Å². The van der Waals surface area contributed by atoms with Gasteiger partial charge in [0.2, 0.25) is 0 Å². The van der Waals surface area contributed by atoms with Gasteiger partial charge >= 0.3 is 0 Å². The van der Waals surface area contributed by atoms with Crippen molar-refractivity contribution in [3.05, 3.63) is 35.4 Å². The molecule has 5 nitrogen and oxygen atoms in total. The maximum Gasteiger partial charge on any atom is 0.191 e. The molecule has 0 amide bonds. The van der Waals surface area contributed by atoms with E-state index in [1.54, 1.807) is 0 Å². The van der Waals surface area contributed by atoms with E-state index in [4.69, 9.17) is 0 Å². The predicted octanol–water partition coefficient (Wildman–Crippen LogP) is 0.906. The molecule has 0 radical (unpaired) electrons. The number of piperazine rings is 1. The van der Waals surface area contributed by atoms with Crippen molar-refractivity contribution in [3.8, 4) is 0 Å². The van der Waals surface area contributed by atoms with E-state index in [9.17, 15) is 0 Å². The van der Waals surface area contributed by atoms with Gasteiger partial charge in [0.15, 0.2) is 5.96 Å². The molecule has 0 saturated carbocycles. The lowest BCUT2D eigenvalue weighted by atomic mass is 10.1. The first-order chi connectivity index (χ1) is 10.6. The molecule has 122 valence electrons. The summed E-state index contributed by atoms with van der Waals surface area (Å²) in [5.74, 6) is 0.863. The fourth-order valence-corrected chi connectivity index (χ4v) is 2.65. The van der Waals surface area contributed by atoms with Crippen molar-refractivity contribution in [2.24, 2.45) is 4.99 Å². The van der Waals surface area contributed by atoms with Crippen LogP contribution >= 0.6 is 0 Å². The smallest absolute Gasteiger partial charge is 0.191 e. The molecule has 0 aromatic heterocycles. The van der Waals surface area contributed by atoms with Crippen LogP contribution in [-0.2, 0) is 6.54 Å². The lowest BCUT2D eigenvalue weighted by molar-refractivity contribution is 0.116. The minimum atomic E-state index is 0.525. The quantitative estimate of drug-likeness (QED) is 0.641. The summed E-state index contributed by atoms with van der Waals surface area (Å²) < 4.78 is 0. The fraction of sp³-hybridized carbons (Fsp3) is 0.588. The van der Waals surface area contributed by atoms with E-state index in [0.29, 0.717) is 6.04 Å². The Morgan fingerprint density at radius 1 is 1.18 bits per heavy atom. The van der Waals surface area contributed by atoms with Gasteiger partial charge in [-0.25, -0.2) is 0 Å². The maximum atomic E-state index is 4.31. The van der Waals surface area contributed by atoms with Crippen molar-refractivity contribution in [1.82, 2.24) is 20.4 Å². The number of aliphatic imine (C=N–C) groups is 1. The SMILES string of the molecule is CN=C(NCc1ccc(C)cc1)NCC1CN(C)CCN1C. The van der Waals surface area contributed by atoms with E-state index in [0.717, 1.165) is 38.7 Å². The third kappa shape index (κ3) is 5.00. The van der Waals surface area contributed by atoms with Crippen molar-refractivity contribution < 1.29 is 0 Å². The van der Waals surface area contributed by atoms with Gasteiger partial charge in [0.25, 0.3) is 0 Å². The van der Waals surface area contributed by atoms with Gasteiger partial charge in [-0.15, -0.1) is 0 Å². The minimum Gasteiger partial charge on any atom is -0.355 e. The summed E-state index contributed by atoms with van der Waals surface area (Å²) >= 11 is 0.